The molecule has 2 aromatic rings. The quantitative estimate of drug-likeness (QED) is 0.805. The number of carbonyl (C=O) groups excluding carboxylic acids is 1. The summed E-state index contributed by atoms with van der Waals surface area (Å²) in [6.07, 6.45) is 0.919. The van der Waals surface area contributed by atoms with Gasteiger partial charge in [0.1, 0.15) is 6.04 Å². The third kappa shape index (κ3) is 3.34. The van der Waals surface area contributed by atoms with E-state index in [1.54, 1.807) is 19.2 Å². The maximum atomic E-state index is 12.6. The van der Waals surface area contributed by atoms with Gasteiger partial charge < -0.3 is 24.5 Å². The van der Waals surface area contributed by atoms with E-state index in [4.69, 9.17) is 14.2 Å². The highest BCUT2D eigenvalue weighted by molar-refractivity contribution is 5.82. The number of carbonyl (C=O) groups is 1. The molecule has 7 nitrogen and oxygen atoms in total. The lowest BCUT2D eigenvalue weighted by atomic mass is 9.95. The van der Waals surface area contributed by atoms with Gasteiger partial charge in [-0.05, 0) is 35.7 Å². The fourth-order valence-electron chi connectivity index (χ4n) is 3.80. The van der Waals surface area contributed by atoms with Gasteiger partial charge in [-0.2, -0.15) is 0 Å². The Morgan fingerprint density at radius 2 is 1.82 bits per heavy atom. The van der Waals surface area contributed by atoms with E-state index in [0.717, 1.165) is 11.1 Å². The lowest BCUT2D eigenvalue weighted by Gasteiger charge is -2.28. The summed E-state index contributed by atoms with van der Waals surface area (Å²) >= 11 is 0. The number of rotatable bonds is 4. The monoisotopic (exact) mass is 385 g/mol. The molecule has 0 bridgehead atoms. The van der Waals surface area contributed by atoms with Crippen LogP contribution in [-0.2, 0) is 11.2 Å². The van der Waals surface area contributed by atoms with Crippen LogP contribution in [0.25, 0.3) is 11.1 Å². The summed E-state index contributed by atoms with van der Waals surface area (Å²) in [5.41, 5.74) is 2.61. The van der Waals surface area contributed by atoms with Crippen molar-refractivity contribution >= 4 is 5.91 Å². The maximum absolute atomic E-state index is 12.6. The first kappa shape index (κ1) is 19.9. The Bertz CT molecular complexity index is 972. The Hall–Kier alpha value is -2.90. The molecule has 1 aliphatic rings. The second-order valence-corrected chi connectivity index (χ2v) is 6.63. The Balaban J connectivity index is 2.40. The molecule has 1 aliphatic carbocycles. The summed E-state index contributed by atoms with van der Waals surface area (Å²) in [4.78, 5) is 24.0. The normalized spacial score (nSPS) is 16.2. The highest BCUT2D eigenvalue weighted by Crippen LogP contribution is 2.49. The van der Waals surface area contributed by atoms with Gasteiger partial charge in [-0.15, -0.1) is 0 Å². The molecule has 2 aromatic carbocycles. The standard InChI is InChI=1S/C21H23NO6/c1-12(23)22(25)17-9-8-13-10-18(26-2)20(27-3)21(28-4)19(13)15-7-5-6-14(24)11-16(15)17/h5-7,10-11,17,22H,8-9H2,1-4H3. The van der Waals surface area contributed by atoms with Crippen LogP contribution < -0.4 is 24.7 Å². The largest absolute Gasteiger partial charge is 0.626 e. The molecule has 0 aromatic heterocycles. The van der Waals surface area contributed by atoms with Crippen LogP contribution in [0.15, 0.2) is 35.1 Å². The second kappa shape index (κ2) is 8.00. The lowest BCUT2D eigenvalue weighted by molar-refractivity contribution is -0.801. The fourth-order valence-corrected chi connectivity index (χ4v) is 3.80. The van der Waals surface area contributed by atoms with E-state index in [2.05, 4.69) is 0 Å². The van der Waals surface area contributed by atoms with Crippen LogP contribution in [0.4, 0.5) is 0 Å². The molecular weight excluding hydrogens is 362 g/mol. The summed E-state index contributed by atoms with van der Waals surface area (Å²) in [6.45, 7) is 1.26. The number of ether oxygens (including phenoxy) is 3. The lowest BCUT2D eigenvalue weighted by Crippen LogP contribution is -3.10. The Morgan fingerprint density at radius 3 is 2.43 bits per heavy atom. The number of hydroxylamine groups is 2. The van der Waals surface area contributed by atoms with E-state index in [1.807, 2.05) is 6.07 Å². The smallest absolute Gasteiger partial charge is 0.309 e. The zero-order chi connectivity index (χ0) is 20.4. The SMILES string of the molecule is COc1cc2c(c(OC)c1OC)-c1cccc(=O)cc1C([NH+]([O-])C(C)=O)CC2. The molecule has 0 heterocycles. The predicted octanol–water partition coefficient (Wildman–Crippen LogP) is 1.66. The number of amides is 1. The Kier molecular flexibility index (Phi) is 5.67. The first-order chi connectivity index (χ1) is 13.4. The maximum Gasteiger partial charge on any atom is 0.309 e. The summed E-state index contributed by atoms with van der Waals surface area (Å²) < 4.78 is 16.6. The Labute approximate surface area is 163 Å². The number of quaternary nitrogens is 1. The van der Waals surface area contributed by atoms with Crippen molar-refractivity contribution in [3.63, 3.8) is 0 Å². The number of nitrogens with one attached hydrogen (secondary N) is 1. The Morgan fingerprint density at radius 1 is 1.11 bits per heavy atom. The molecule has 3 rings (SSSR count). The fraction of sp³-hybridized carbons (Fsp3) is 0.333. The number of methoxy groups -OCH3 is 3. The van der Waals surface area contributed by atoms with Gasteiger partial charge in [0.15, 0.2) is 16.9 Å². The van der Waals surface area contributed by atoms with Crippen LogP contribution >= 0.6 is 0 Å². The van der Waals surface area contributed by atoms with Gasteiger partial charge in [0.2, 0.25) is 5.75 Å². The number of benzene rings is 1. The molecule has 2 atom stereocenters. The molecule has 1 amide bonds. The zero-order valence-electron chi connectivity index (χ0n) is 16.3. The summed E-state index contributed by atoms with van der Waals surface area (Å²) in [7, 11) is 4.59. The van der Waals surface area contributed by atoms with Gasteiger partial charge in [0.05, 0.1) is 28.3 Å². The number of hydrogen-bond donors (Lipinski definition) is 1. The van der Waals surface area contributed by atoms with Crippen molar-refractivity contribution in [2.75, 3.05) is 21.3 Å². The van der Waals surface area contributed by atoms with Crippen LogP contribution in [0, 0.1) is 5.21 Å². The molecule has 2 unspecified atom stereocenters. The molecule has 148 valence electrons. The van der Waals surface area contributed by atoms with Crippen LogP contribution in [0.3, 0.4) is 0 Å². The van der Waals surface area contributed by atoms with Crippen molar-refractivity contribution < 1.29 is 24.1 Å². The average molecular weight is 385 g/mol. The summed E-state index contributed by atoms with van der Waals surface area (Å²) in [6, 6.07) is 7.44. The molecule has 0 fully saturated rings. The van der Waals surface area contributed by atoms with Crippen molar-refractivity contribution in [3.8, 4) is 28.4 Å². The third-order valence-corrected chi connectivity index (χ3v) is 5.05. The minimum Gasteiger partial charge on any atom is -0.626 e. The van der Waals surface area contributed by atoms with Crippen molar-refractivity contribution in [2.45, 2.75) is 25.8 Å². The predicted molar refractivity (Wildman–Crippen MR) is 104 cm³/mol. The number of hydrogen-bond acceptors (Lipinski definition) is 6. The molecule has 0 radical (unpaired) electrons. The molecule has 7 heteroatoms. The van der Waals surface area contributed by atoms with E-state index in [0.29, 0.717) is 41.2 Å². The first-order valence-electron chi connectivity index (χ1n) is 8.94. The molecule has 0 spiro atoms. The van der Waals surface area contributed by atoms with E-state index < -0.39 is 17.0 Å². The van der Waals surface area contributed by atoms with E-state index in [-0.39, 0.29) is 5.43 Å². The van der Waals surface area contributed by atoms with E-state index >= 15 is 0 Å². The van der Waals surface area contributed by atoms with Gasteiger partial charge in [-0.1, -0.05) is 12.1 Å². The minimum atomic E-state index is -0.693. The second-order valence-electron chi connectivity index (χ2n) is 6.63. The first-order valence-corrected chi connectivity index (χ1v) is 8.94. The van der Waals surface area contributed by atoms with Crippen molar-refractivity contribution in [1.82, 2.24) is 0 Å². The molecular formula is C21H23NO6. The highest BCUT2D eigenvalue weighted by Gasteiger charge is 2.32. The van der Waals surface area contributed by atoms with Gasteiger partial charge in [0, 0.05) is 17.5 Å². The van der Waals surface area contributed by atoms with Crippen LogP contribution in [0.5, 0.6) is 17.2 Å². The number of fused-ring (bicyclic) bond motifs is 3. The molecule has 0 saturated heterocycles. The van der Waals surface area contributed by atoms with Crippen molar-refractivity contribution in [1.29, 1.82) is 0 Å². The van der Waals surface area contributed by atoms with Crippen LogP contribution in [0.1, 0.15) is 30.5 Å². The zero-order valence-corrected chi connectivity index (χ0v) is 16.3. The average Bonchev–Trinajstić information content (AvgIpc) is 2.95. The van der Waals surface area contributed by atoms with Crippen molar-refractivity contribution in [2.24, 2.45) is 0 Å². The highest BCUT2D eigenvalue weighted by atomic mass is 16.5. The molecule has 0 saturated carbocycles. The van der Waals surface area contributed by atoms with Gasteiger partial charge in [-0.3, -0.25) is 4.79 Å². The molecule has 0 aliphatic heterocycles. The molecule has 1 N–H and O–H groups in total. The minimum absolute atomic E-state index is 0.231. The topological polar surface area (TPSA) is 89.3 Å². The van der Waals surface area contributed by atoms with E-state index in [9.17, 15) is 14.8 Å². The molecule has 28 heavy (non-hydrogen) atoms. The third-order valence-electron chi connectivity index (χ3n) is 5.05. The van der Waals surface area contributed by atoms with Gasteiger partial charge in [-0.25, -0.2) is 4.79 Å². The number of aryl methyl sites for hydroxylation is 1. The van der Waals surface area contributed by atoms with E-state index in [1.165, 1.54) is 33.3 Å². The summed E-state index contributed by atoms with van der Waals surface area (Å²) in [5, 5.41) is 12.1. The van der Waals surface area contributed by atoms with Crippen molar-refractivity contribution in [3.05, 3.63) is 56.9 Å². The van der Waals surface area contributed by atoms with Gasteiger partial charge >= 0.3 is 5.91 Å². The van der Waals surface area contributed by atoms with Crippen LogP contribution in [-0.4, -0.2) is 27.2 Å². The van der Waals surface area contributed by atoms with Gasteiger partial charge in [0.25, 0.3) is 0 Å². The summed E-state index contributed by atoms with van der Waals surface area (Å²) in [5.74, 6) is 0.886. The van der Waals surface area contributed by atoms with Crippen LogP contribution in [0.2, 0.25) is 0 Å².